The first kappa shape index (κ1) is 11.9. The number of carbonyl (C=O) groups excluding carboxylic acids is 1. The van der Waals surface area contributed by atoms with E-state index in [0.29, 0.717) is 22.2 Å². The van der Waals surface area contributed by atoms with Gasteiger partial charge in [0.25, 0.3) is 0 Å². The SMILES string of the molecule is COc1cc(NC(=O)Cl)c(OC)cc1Cl. The van der Waals surface area contributed by atoms with E-state index in [0.717, 1.165) is 0 Å². The van der Waals surface area contributed by atoms with E-state index in [-0.39, 0.29) is 0 Å². The van der Waals surface area contributed by atoms with E-state index in [4.69, 9.17) is 32.7 Å². The van der Waals surface area contributed by atoms with Gasteiger partial charge in [-0.3, -0.25) is 4.79 Å². The molecule has 4 nitrogen and oxygen atoms in total. The summed E-state index contributed by atoms with van der Waals surface area (Å²) < 4.78 is 10.00. The molecule has 1 rings (SSSR count). The number of amides is 1. The van der Waals surface area contributed by atoms with Crippen molar-refractivity contribution in [1.29, 1.82) is 0 Å². The topological polar surface area (TPSA) is 47.6 Å². The van der Waals surface area contributed by atoms with E-state index in [9.17, 15) is 4.79 Å². The van der Waals surface area contributed by atoms with Crippen LogP contribution in [0.25, 0.3) is 0 Å². The van der Waals surface area contributed by atoms with Crippen molar-refractivity contribution < 1.29 is 14.3 Å². The number of benzene rings is 1. The van der Waals surface area contributed by atoms with E-state index in [2.05, 4.69) is 5.32 Å². The Morgan fingerprint density at radius 1 is 1.27 bits per heavy atom. The molecule has 0 heterocycles. The molecule has 15 heavy (non-hydrogen) atoms. The number of ether oxygens (including phenoxy) is 2. The van der Waals surface area contributed by atoms with E-state index in [1.165, 1.54) is 26.4 Å². The third kappa shape index (κ3) is 2.91. The molecule has 0 bridgehead atoms. The van der Waals surface area contributed by atoms with Gasteiger partial charge < -0.3 is 14.8 Å². The molecular weight excluding hydrogens is 241 g/mol. The number of methoxy groups -OCH3 is 2. The van der Waals surface area contributed by atoms with Crippen LogP contribution < -0.4 is 14.8 Å². The molecule has 0 aliphatic heterocycles. The number of anilines is 1. The molecule has 0 aliphatic rings. The molecule has 0 radical (unpaired) electrons. The van der Waals surface area contributed by atoms with Gasteiger partial charge in [-0.15, -0.1) is 0 Å². The highest BCUT2D eigenvalue weighted by atomic mass is 35.5. The molecule has 1 aromatic rings. The Morgan fingerprint density at radius 2 is 1.87 bits per heavy atom. The minimum atomic E-state index is -0.710. The van der Waals surface area contributed by atoms with E-state index in [1.54, 1.807) is 0 Å². The second-order valence-electron chi connectivity index (χ2n) is 2.59. The Kier molecular flexibility index (Phi) is 4.05. The van der Waals surface area contributed by atoms with Crippen molar-refractivity contribution in [2.24, 2.45) is 0 Å². The zero-order valence-corrected chi connectivity index (χ0v) is 9.65. The van der Waals surface area contributed by atoms with Gasteiger partial charge in [0.15, 0.2) is 0 Å². The first-order valence-electron chi connectivity index (χ1n) is 3.96. The maximum Gasteiger partial charge on any atom is 0.318 e. The summed E-state index contributed by atoms with van der Waals surface area (Å²) in [6.07, 6.45) is 0. The summed E-state index contributed by atoms with van der Waals surface area (Å²) in [5.41, 5.74) is 0.402. The van der Waals surface area contributed by atoms with Crippen molar-refractivity contribution in [3.63, 3.8) is 0 Å². The summed E-state index contributed by atoms with van der Waals surface area (Å²) in [4.78, 5) is 10.7. The van der Waals surface area contributed by atoms with Crippen molar-refractivity contribution in [1.82, 2.24) is 0 Å². The van der Waals surface area contributed by atoms with Crippen LogP contribution >= 0.6 is 23.2 Å². The molecule has 0 aromatic heterocycles. The Hall–Kier alpha value is -1.13. The number of hydrogen-bond acceptors (Lipinski definition) is 3. The molecule has 1 amide bonds. The quantitative estimate of drug-likeness (QED) is 0.662. The van der Waals surface area contributed by atoms with E-state index >= 15 is 0 Å². The lowest BCUT2D eigenvalue weighted by atomic mass is 10.2. The minimum absolute atomic E-state index is 0.391. The van der Waals surface area contributed by atoms with Gasteiger partial charge in [-0.25, -0.2) is 0 Å². The third-order valence-electron chi connectivity index (χ3n) is 1.71. The van der Waals surface area contributed by atoms with Crippen LogP contribution in [0.4, 0.5) is 10.5 Å². The standard InChI is InChI=1S/C9H9Cl2NO3/c1-14-7-4-6(12-9(11)13)8(15-2)3-5(7)10/h3-4H,1-2H3,(H,12,13). The van der Waals surface area contributed by atoms with Gasteiger partial charge in [0, 0.05) is 12.1 Å². The van der Waals surface area contributed by atoms with Crippen LogP contribution in [0.5, 0.6) is 11.5 Å². The summed E-state index contributed by atoms with van der Waals surface area (Å²) in [5, 5.41) is 2.07. The predicted octanol–water partition coefficient (Wildman–Crippen LogP) is 3.13. The van der Waals surface area contributed by atoms with Crippen molar-refractivity contribution >= 4 is 34.3 Å². The lowest BCUT2D eigenvalue weighted by Gasteiger charge is -2.11. The van der Waals surface area contributed by atoms with Crippen molar-refractivity contribution in [2.45, 2.75) is 0 Å². The molecule has 0 atom stereocenters. The molecule has 0 fully saturated rings. The van der Waals surface area contributed by atoms with Crippen LogP contribution in [0.15, 0.2) is 12.1 Å². The number of hydrogen-bond donors (Lipinski definition) is 1. The Bertz CT molecular complexity index is 382. The third-order valence-corrected chi connectivity index (χ3v) is 2.10. The highest BCUT2D eigenvalue weighted by molar-refractivity contribution is 6.65. The maximum absolute atomic E-state index is 10.7. The van der Waals surface area contributed by atoms with Gasteiger partial charge in [-0.1, -0.05) is 11.6 Å². The highest BCUT2D eigenvalue weighted by Gasteiger charge is 2.11. The Morgan fingerprint density at radius 3 is 2.33 bits per heavy atom. The molecular formula is C9H9Cl2NO3. The zero-order valence-electron chi connectivity index (χ0n) is 8.14. The fourth-order valence-electron chi connectivity index (χ4n) is 1.06. The predicted molar refractivity (Wildman–Crippen MR) is 59.4 cm³/mol. The van der Waals surface area contributed by atoms with Gasteiger partial charge in [0.1, 0.15) is 11.5 Å². The summed E-state index contributed by atoms with van der Waals surface area (Å²) >= 11 is 11.1. The second-order valence-corrected chi connectivity index (χ2v) is 3.34. The van der Waals surface area contributed by atoms with Gasteiger partial charge in [-0.2, -0.15) is 0 Å². The van der Waals surface area contributed by atoms with E-state index in [1.807, 2.05) is 0 Å². The van der Waals surface area contributed by atoms with E-state index < -0.39 is 5.37 Å². The molecule has 6 heteroatoms. The van der Waals surface area contributed by atoms with Gasteiger partial charge in [0.05, 0.1) is 24.9 Å². The monoisotopic (exact) mass is 249 g/mol. The van der Waals surface area contributed by atoms with Crippen LogP contribution in [0.1, 0.15) is 0 Å². The highest BCUT2D eigenvalue weighted by Crippen LogP contribution is 2.35. The Labute approximate surface area is 97.1 Å². The average Bonchev–Trinajstić information content (AvgIpc) is 2.19. The molecule has 0 aliphatic carbocycles. The number of rotatable bonds is 3. The lowest BCUT2D eigenvalue weighted by Crippen LogP contribution is -2.03. The normalized spacial score (nSPS) is 9.60. The van der Waals surface area contributed by atoms with Crippen LogP contribution in [-0.2, 0) is 0 Å². The number of nitrogens with one attached hydrogen (secondary N) is 1. The smallest absolute Gasteiger partial charge is 0.318 e. The van der Waals surface area contributed by atoms with Crippen LogP contribution in [0.2, 0.25) is 5.02 Å². The summed E-state index contributed by atoms with van der Waals surface area (Å²) in [6.45, 7) is 0. The van der Waals surface area contributed by atoms with Crippen LogP contribution in [-0.4, -0.2) is 19.6 Å². The largest absolute Gasteiger partial charge is 0.495 e. The van der Waals surface area contributed by atoms with Crippen molar-refractivity contribution in [3.05, 3.63) is 17.2 Å². The molecule has 0 saturated heterocycles. The van der Waals surface area contributed by atoms with Gasteiger partial charge in [0.2, 0.25) is 0 Å². The van der Waals surface area contributed by atoms with Crippen molar-refractivity contribution in [3.8, 4) is 11.5 Å². The van der Waals surface area contributed by atoms with Crippen molar-refractivity contribution in [2.75, 3.05) is 19.5 Å². The molecule has 1 aromatic carbocycles. The first-order chi connectivity index (χ1) is 7.08. The fraction of sp³-hybridized carbons (Fsp3) is 0.222. The zero-order chi connectivity index (χ0) is 11.4. The molecule has 82 valence electrons. The Balaban J connectivity index is 3.16. The number of carbonyl (C=O) groups is 1. The summed E-state index contributed by atoms with van der Waals surface area (Å²) in [5.74, 6) is 0.840. The lowest BCUT2D eigenvalue weighted by molar-refractivity contribution is 0.268. The van der Waals surface area contributed by atoms with Gasteiger partial charge >= 0.3 is 5.37 Å². The maximum atomic E-state index is 10.7. The first-order valence-corrected chi connectivity index (χ1v) is 4.72. The molecule has 0 saturated carbocycles. The van der Waals surface area contributed by atoms with Gasteiger partial charge in [-0.05, 0) is 11.6 Å². The second kappa shape index (κ2) is 5.09. The minimum Gasteiger partial charge on any atom is -0.495 e. The summed E-state index contributed by atoms with van der Waals surface area (Å²) in [7, 11) is 2.93. The van der Waals surface area contributed by atoms with Crippen LogP contribution in [0, 0.1) is 0 Å². The summed E-state index contributed by atoms with van der Waals surface area (Å²) in [6, 6.07) is 3.06. The van der Waals surface area contributed by atoms with Crippen LogP contribution in [0.3, 0.4) is 0 Å². The number of halogens is 2. The average molecular weight is 250 g/mol. The molecule has 0 unspecified atom stereocenters. The molecule has 0 spiro atoms. The fourth-order valence-corrected chi connectivity index (χ4v) is 1.40. The molecule has 1 N–H and O–H groups in total.